The van der Waals surface area contributed by atoms with Gasteiger partial charge in [0.25, 0.3) is 0 Å². The minimum Gasteiger partial charge on any atom is -0.495 e. The van der Waals surface area contributed by atoms with Gasteiger partial charge in [-0.25, -0.2) is 0 Å². The predicted octanol–water partition coefficient (Wildman–Crippen LogP) is 2.92. The maximum Gasteiger partial charge on any atom is 0.316 e. The summed E-state index contributed by atoms with van der Waals surface area (Å²) >= 11 is 0. The van der Waals surface area contributed by atoms with Crippen molar-refractivity contribution >= 4 is 23.2 Å². The van der Waals surface area contributed by atoms with Crippen molar-refractivity contribution < 1.29 is 14.3 Å². The quantitative estimate of drug-likeness (QED) is 0.864. The maximum atomic E-state index is 12.6. The molecule has 0 spiro atoms. The Morgan fingerprint density at radius 1 is 1.17 bits per heavy atom. The van der Waals surface area contributed by atoms with Gasteiger partial charge in [0.15, 0.2) is 0 Å². The van der Waals surface area contributed by atoms with Crippen LogP contribution in [0.3, 0.4) is 0 Å². The molecular weight excluding hydrogens is 304 g/mol. The third-order valence-electron chi connectivity index (χ3n) is 4.15. The highest BCUT2D eigenvalue weighted by molar-refractivity contribution is 6.44. The molecule has 5 heteroatoms. The summed E-state index contributed by atoms with van der Waals surface area (Å²) in [7, 11) is 1.53. The number of carbonyl (C=O) groups is 2. The zero-order valence-electron chi connectivity index (χ0n) is 13.8. The number of fused-ring (bicyclic) bond motifs is 1. The van der Waals surface area contributed by atoms with E-state index in [9.17, 15) is 9.59 Å². The number of carbonyl (C=O) groups excluding carboxylic acids is 2. The van der Waals surface area contributed by atoms with E-state index in [1.165, 1.54) is 7.11 Å². The molecular formula is C19H20N2O3. The fourth-order valence-corrected chi connectivity index (χ4v) is 2.96. The van der Waals surface area contributed by atoms with E-state index in [0.29, 0.717) is 18.0 Å². The second kappa shape index (κ2) is 6.74. The van der Waals surface area contributed by atoms with Crippen LogP contribution >= 0.6 is 0 Å². The van der Waals surface area contributed by atoms with E-state index >= 15 is 0 Å². The molecule has 24 heavy (non-hydrogen) atoms. The molecule has 124 valence electrons. The van der Waals surface area contributed by atoms with E-state index in [-0.39, 0.29) is 0 Å². The molecule has 0 atom stereocenters. The van der Waals surface area contributed by atoms with Crippen LogP contribution in [0, 0.1) is 6.92 Å². The number of amides is 2. The molecule has 0 aliphatic carbocycles. The lowest BCUT2D eigenvalue weighted by Crippen LogP contribution is -2.42. The summed E-state index contributed by atoms with van der Waals surface area (Å²) in [5.74, 6) is -0.679. The molecule has 0 bridgehead atoms. The third kappa shape index (κ3) is 3.11. The van der Waals surface area contributed by atoms with Crippen molar-refractivity contribution in [2.24, 2.45) is 0 Å². The van der Waals surface area contributed by atoms with Crippen LogP contribution in [0.5, 0.6) is 5.75 Å². The molecule has 0 aromatic heterocycles. The van der Waals surface area contributed by atoms with Crippen LogP contribution in [-0.4, -0.2) is 25.5 Å². The Kier molecular flexibility index (Phi) is 4.51. The van der Waals surface area contributed by atoms with Gasteiger partial charge in [0.05, 0.1) is 12.8 Å². The fraction of sp³-hybridized carbons (Fsp3) is 0.263. The second-order valence-corrected chi connectivity index (χ2v) is 5.85. The summed E-state index contributed by atoms with van der Waals surface area (Å²) < 4.78 is 5.24. The Morgan fingerprint density at radius 2 is 1.96 bits per heavy atom. The highest BCUT2D eigenvalue weighted by Crippen LogP contribution is 2.28. The zero-order valence-corrected chi connectivity index (χ0v) is 13.8. The largest absolute Gasteiger partial charge is 0.495 e. The number of nitrogens with zero attached hydrogens (tertiary/aromatic N) is 1. The van der Waals surface area contributed by atoms with Crippen molar-refractivity contribution in [3.8, 4) is 5.75 Å². The third-order valence-corrected chi connectivity index (χ3v) is 4.15. The van der Waals surface area contributed by atoms with Crippen molar-refractivity contribution in [3.63, 3.8) is 0 Å². The van der Waals surface area contributed by atoms with Gasteiger partial charge in [0.2, 0.25) is 0 Å². The number of hydrogen-bond acceptors (Lipinski definition) is 3. The van der Waals surface area contributed by atoms with Crippen molar-refractivity contribution in [2.45, 2.75) is 19.8 Å². The van der Waals surface area contributed by atoms with Gasteiger partial charge in [-0.1, -0.05) is 24.3 Å². The molecule has 2 aromatic carbocycles. The van der Waals surface area contributed by atoms with Crippen molar-refractivity contribution in [1.29, 1.82) is 0 Å². The van der Waals surface area contributed by atoms with Gasteiger partial charge in [0, 0.05) is 12.2 Å². The van der Waals surface area contributed by atoms with E-state index in [1.54, 1.807) is 17.0 Å². The number of anilines is 2. The highest BCUT2D eigenvalue weighted by atomic mass is 16.5. The van der Waals surface area contributed by atoms with Crippen LogP contribution in [-0.2, 0) is 16.0 Å². The van der Waals surface area contributed by atoms with Crippen LogP contribution in [0.4, 0.5) is 11.4 Å². The molecule has 3 rings (SSSR count). The number of ether oxygens (including phenoxy) is 1. The first-order chi connectivity index (χ1) is 11.6. The van der Waals surface area contributed by atoms with Crippen LogP contribution < -0.4 is 15.0 Å². The number of benzene rings is 2. The van der Waals surface area contributed by atoms with Crippen LogP contribution in [0.25, 0.3) is 0 Å². The molecule has 1 aliphatic rings. The van der Waals surface area contributed by atoms with Gasteiger partial charge in [-0.2, -0.15) is 0 Å². The second-order valence-electron chi connectivity index (χ2n) is 5.85. The van der Waals surface area contributed by atoms with Gasteiger partial charge < -0.3 is 15.0 Å². The monoisotopic (exact) mass is 324 g/mol. The lowest BCUT2D eigenvalue weighted by Gasteiger charge is -2.28. The van der Waals surface area contributed by atoms with Crippen molar-refractivity contribution in [2.75, 3.05) is 23.9 Å². The average molecular weight is 324 g/mol. The summed E-state index contributed by atoms with van der Waals surface area (Å²) in [6, 6.07) is 13.1. The standard InChI is InChI=1S/C19H20N2O3/c1-13-9-10-17(24-2)15(12-13)20-18(22)19(23)21-11-5-7-14-6-3-4-8-16(14)21/h3-4,6,8-10,12H,5,7,11H2,1-2H3,(H,20,22). The minimum absolute atomic E-state index is 0.501. The number of para-hydroxylation sites is 1. The molecule has 0 fully saturated rings. The molecule has 2 amide bonds. The van der Waals surface area contributed by atoms with E-state index < -0.39 is 11.8 Å². The number of nitrogens with one attached hydrogen (secondary N) is 1. The summed E-state index contributed by atoms with van der Waals surface area (Å²) in [4.78, 5) is 26.6. The van der Waals surface area contributed by atoms with Crippen LogP contribution in [0.2, 0.25) is 0 Å². The first-order valence-corrected chi connectivity index (χ1v) is 7.95. The Morgan fingerprint density at radius 3 is 2.75 bits per heavy atom. The molecule has 2 aromatic rings. The summed E-state index contributed by atoms with van der Waals surface area (Å²) in [6.07, 6.45) is 1.77. The molecule has 0 unspecified atom stereocenters. The van der Waals surface area contributed by atoms with Crippen LogP contribution in [0.1, 0.15) is 17.5 Å². The molecule has 1 heterocycles. The normalized spacial score (nSPS) is 13.2. The van der Waals surface area contributed by atoms with Crippen LogP contribution in [0.15, 0.2) is 42.5 Å². The van der Waals surface area contributed by atoms with E-state index in [2.05, 4.69) is 5.32 Å². The Labute approximate surface area is 141 Å². The Bertz CT molecular complexity index is 786. The SMILES string of the molecule is COc1ccc(C)cc1NC(=O)C(=O)N1CCCc2ccccc21. The molecule has 1 N–H and O–H groups in total. The topological polar surface area (TPSA) is 58.6 Å². The molecule has 5 nitrogen and oxygen atoms in total. The fourth-order valence-electron chi connectivity index (χ4n) is 2.96. The average Bonchev–Trinajstić information content (AvgIpc) is 2.61. The number of aryl methyl sites for hydroxylation is 2. The van der Waals surface area contributed by atoms with E-state index in [1.807, 2.05) is 37.3 Å². The zero-order chi connectivity index (χ0) is 17.1. The first kappa shape index (κ1) is 16.1. The summed E-state index contributed by atoms with van der Waals surface area (Å²) in [5.41, 5.74) is 3.39. The van der Waals surface area contributed by atoms with E-state index in [4.69, 9.17) is 4.74 Å². The van der Waals surface area contributed by atoms with Gasteiger partial charge in [-0.15, -0.1) is 0 Å². The number of methoxy groups -OCH3 is 1. The highest BCUT2D eigenvalue weighted by Gasteiger charge is 2.27. The molecule has 0 saturated carbocycles. The first-order valence-electron chi connectivity index (χ1n) is 7.95. The number of hydrogen-bond donors (Lipinski definition) is 1. The smallest absolute Gasteiger partial charge is 0.316 e. The summed E-state index contributed by atoms with van der Waals surface area (Å²) in [6.45, 7) is 2.46. The van der Waals surface area contributed by atoms with Crippen molar-refractivity contribution in [3.05, 3.63) is 53.6 Å². The Hall–Kier alpha value is -2.82. The van der Waals surface area contributed by atoms with Gasteiger partial charge in [-0.05, 0) is 49.1 Å². The summed E-state index contributed by atoms with van der Waals surface area (Å²) in [5, 5.41) is 2.68. The minimum atomic E-state index is -0.657. The Balaban J connectivity index is 1.82. The lowest BCUT2D eigenvalue weighted by atomic mass is 10.0. The van der Waals surface area contributed by atoms with Crippen molar-refractivity contribution in [1.82, 2.24) is 0 Å². The van der Waals surface area contributed by atoms with Gasteiger partial charge in [-0.3, -0.25) is 9.59 Å². The molecule has 0 radical (unpaired) electrons. The maximum absolute atomic E-state index is 12.6. The number of rotatable bonds is 2. The predicted molar refractivity (Wildman–Crippen MR) is 93.5 cm³/mol. The van der Waals surface area contributed by atoms with E-state index in [0.717, 1.165) is 29.7 Å². The van der Waals surface area contributed by atoms with Gasteiger partial charge in [0.1, 0.15) is 5.75 Å². The lowest BCUT2D eigenvalue weighted by molar-refractivity contribution is -0.134. The molecule has 0 saturated heterocycles. The van der Waals surface area contributed by atoms with Gasteiger partial charge >= 0.3 is 11.8 Å². The molecule has 1 aliphatic heterocycles.